The maximum atomic E-state index is 5.87. The molecule has 3 rings (SSSR count). The first-order valence-electron chi connectivity index (χ1n) is 13.4. The number of hydrogen-bond acceptors (Lipinski definition) is 4. The van der Waals surface area contributed by atoms with E-state index in [4.69, 9.17) is 5.73 Å². The van der Waals surface area contributed by atoms with Crippen LogP contribution < -0.4 is 10.6 Å². The second kappa shape index (κ2) is 14.3. The van der Waals surface area contributed by atoms with Crippen molar-refractivity contribution in [1.82, 2.24) is 9.80 Å². The van der Waals surface area contributed by atoms with Crippen molar-refractivity contribution < 1.29 is 0 Å². The molecule has 0 spiro atoms. The van der Waals surface area contributed by atoms with Crippen LogP contribution in [0.2, 0.25) is 0 Å². The molecule has 2 N–H and O–H groups in total. The summed E-state index contributed by atoms with van der Waals surface area (Å²) in [5.74, 6) is 0.360. The highest BCUT2D eigenvalue weighted by atomic mass is 15.1. The van der Waals surface area contributed by atoms with E-state index in [0.717, 1.165) is 30.9 Å². The zero-order valence-electron chi connectivity index (χ0n) is 24.8. The summed E-state index contributed by atoms with van der Waals surface area (Å²) in [6.45, 7) is 13.6. The van der Waals surface area contributed by atoms with Crippen molar-refractivity contribution in [3.05, 3.63) is 89.5 Å². The fourth-order valence-corrected chi connectivity index (χ4v) is 3.82. The molecule has 4 nitrogen and oxygen atoms in total. The van der Waals surface area contributed by atoms with Gasteiger partial charge in [0.1, 0.15) is 0 Å². The Kier molecular flexibility index (Phi) is 11.8. The second-order valence-electron chi connectivity index (χ2n) is 12.2. The van der Waals surface area contributed by atoms with Crippen molar-refractivity contribution >= 4 is 17.1 Å². The third-order valence-corrected chi connectivity index (χ3v) is 5.81. The third kappa shape index (κ3) is 11.1. The minimum Gasteiger partial charge on any atom is -0.330 e. The molecular weight excluding hydrogens is 452 g/mol. The third-order valence-electron chi connectivity index (χ3n) is 5.81. The van der Waals surface area contributed by atoms with Crippen LogP contribution in [0.15, 0.2) is 72.8 Å². The first-order valence-corrected chi connectivity index (χ1v) is 13.4. The summed E-state index contributed by atoms with van der Waals surface area (Å²) in [6.07, 6.45) is 1.05. The van der Waals surface area contributed by atoms with Crippen LogP contribution in [-0.4, -0.2) is 51.1 Å². The molecule has 1 unspecified atom stereocenters. The number of nitrogens with zero attached hydrogens (tertiary/aromatic N) is 3. The molecule has 0 aliphatic rings. The van der Waals surface area contributed by atoms with Crippen LogP contribution in [-0.2, 0) is 13.0 Å². The summed E-state index contributed by atoms with van der Waals surface area (Å²) in [7, 11) is 8.43. The van der Waals surface area contributed by atoms with E-state index in [1.54, 1.807) is 0 Å². The molecule has 0 saturated carbocycles. The number of hydrogen-bond donors (Lipinski definition) is 1. The molecule has 3 aromatic carbocycles. The van der Waals surface area contributed by atoms with E-state index in [1.165, 1.54) is 22.4 Å². The Bertz CT molecular complexity index is 1020. The van der Waals surface area contributed by atoms with Crippen molar-refractivity contribution in [2.45, 2.75) is 53.5 Å². The van der Waals surface area contributed by atoms with Gasteiger partial charge in [0.25, 0.3) is 0 Å². The lowest BCUT2D eigenvalue weighted by Gasteiger charge is -2.26. The zero-order chi connectivity index (χ0) is 27.6. The Labute approximate surface area is 227 Å². The van der Waals surface area contributed by atoms with Crippen molar-refractivity contribution in [3.63, 3.8) is 0 Å². The molecule has 1 atom stereocenters. The molecule has 0 heterocycles. The van der Waals surface area contributed by atoms with Crippen molar-refractivity contribution in [3.8, 4) is 0 Å². The predicted octanol–water partition coefficient (Wildman–Crippen LogP) is 7.44. The quantitative estimate of drug-likeness (QED) is 0.312. The van der Waals surface area contributed by atoms with Crippen LogP contribution in [0.1, 0.15) is 57.2 Å². The molecule has 0 radical (unpaired) electrons. The van der Waals surface area contributed by atoms with E-state index in [9.17, 15) is 0 Å². The van der Waals surface area contributed by atoms with Crippen molar-refractivity contribution in [2.75, 3.05) is 46.2 Å². The number of rotatable bonds is 10. The normalized spacial score (nSPS) is 12.3. The summed E-state index contributed by atoms with van der Waals surface area (Å²) in [6, 6.07) is 26.6. The highest BCUT2D eigenvalue weighted by Gasteiger charge is 2.14. The standard InChI is InChI=1S/C28H38N4.C5H12/c1-22(20-29)25-10-16-28(17-11-25)32(27-14-8-24(9-15-27)21-31(4)5)26-12-6-23(7-13-26)18-19-30(2)3;1-5(2,3)4/h6-17,22H,18-21,29H2,1-5H3;1-4H3. The SMILES string of the molecule is CC(C)(C)C.CC(CN)c1ccc(N(c2ccc(CCN(C)C)cc2)c2ccc(CN(C)C)cc2)cc1. The van der Waals surface area contributed by atoms with E-state index in [1.807, 2.05) is 0 Å². The van der Waals surface area contributed by atoms with Crippen LogP contribution in [0.25, 0.3) is 0 Å². The molecule has 202 valence electrons. The van der Waals surface area contributed by atoms with Crippen molar-refractivity contribution in [1.29, 1.82) is 0 Å². The number of benzene rings is 3. The average molecular weight is 503 g/mol. The molecule has 4 heteroatoms. The molecule has 37 heavy (non-hydrogen) atoms. The van der Waals surface area contributed by atoms with Gasteiger partial charge in [0.05, 0.1) is 0 Å². The molecule has 3 aromatic rings. The smallest absolute Gasteiger partial charge is 0.0461 e. The monoisotopic (exact) mass is 502 g/mol. The van der Waals surface area contributed by atoms with Crippen LogP contribution in [0.4, 0.5) is 17.1 Å². The molecule has 0 bridgehead atoms. The molecule has 0 saturated heterocycles. The number of nitrogens with two attached hydrogens (primary N) is 1. The highest BCUT2D eigenvalue weighted by Crippen LogP contribution is 2.35. The first-order chi connectivity index (χ1) is 17.4. The highest BCUT2D eigenvalue weighted by molar-refractivity contribution is 5.76. The Morgan fingerprint density at radius 1 is 0.649 bits per heavy atom. The molecule has 0 amide bonds. The number of anilines is 3. The molecular formula is C33H50N4. The summed E-state index contributed by atoms with van der Waals surface area (Å²) in [5, 5.41) is 0. The van der Waals surface area contributed by atoms with Gasteiger partial charge in [-0.05, 0) is 106 Å². The van der Waals surface area contributed by atoms with Gasteiger partial charge in [-0.25, -0.2) is 0 Å². The van der Waals surface area contributed by atoms with Crippen LogP contribution in [0, 0.1) is 5.41 Å². The molecule has 0 fully saturated rings. The average Bonchev–Trinajstić information content (AvgIpc) is 2.83. The van der Waals surface area contributed by atoms with Crippen molar-refractivity contribution in [2.24, 2.45) is 11.1 Å². The summed E-state index contributed by atoms with van der Waals surface area (Å²) < 4.78 is 0. The van der Waals surface area contributed by atoms with E-state index < -0.39 is 0 Å². The largest absolute Gasteiger partial charge is 0.330 e. The minimum absolute atomic E-state index is 0.360. The number of likely N-dealkylation sites (N-methyl/N-ethyl adjacent to an activating group) is 1. The van der Waals surface area contributed by atoms with Crippen LogP contribution in [0.5, 0.6) is 0 Å². The Balaban J connectivity index is 0.000000877. The Morgan fingerprint density at radius 2 is 1.05 bits per heavy atom. The maximum Gasteiger partial charge on any atom is 0.0461 e. The molecule has 0 aliphatic carbocycles. The van der Waals surface area contributed by atoms with Gasteiger partial charge in [-0.1, -0.05) is 71.0 Å². The maximum absolute atomic E-state index is 5.87. The van der Waals surface area contributed by atoms with Gasteiger partial charge < -0.3 is 20.4 Å². The van der Waals surface area contributed by atoms with Gasteiger partial charge in [0.15, 0.2) is 0 Å². The first kappa shape index (κ1) is 30.6. The topological polar surface area (TPSA) is 35.7 Å². The van der Waals surface area contributed by atoms with Gasteiger partial charge in [0, 0.05) is 30.2 Å². The lowest BCUT2D eigenvalue weighted by Crippen LogP contribution is -2.15. The van der Waals surface area contributed by atoms with Gasteiger partial charge >= 0.3 is 0 Å². The second-order valence-corrected chi connectivity index (χ2v) is 12.2. The van der Waals surface area contributed by atoms with Gasteiger partial charge in [-0.15, -0.1) is 0 Å². The lowest BCUT2D eigenvalue weighted by atomic mass is 10.0. The van der Waals surface area contributed by atoms with Crippen LogP contribution in [0.3, 0.4) is 0 Å². The van der Waals surface area contributed by atoms with E-state index >= 15 is 0 Å². The predicted molar refractivity (Wildman–Crippen MR) is 163 cm³/mol. The fraction of sp³-hybridized carbons (Fsp3) is 0.455. The lowest BCUT2D eigenvalue weighted by molar-refractivity contribution is 0.402. The van der Waals surface area contributed by atoms with Crippen LogP contribution >= 0.6 is 0 Å². The molecule has 0 aliphatic heterocycles. The Hall–Kier alpha value is -2.66. The summed E-state index contributed by atoms with van der Waals surface area (Å²) in [4.78, 5) is 6.74. The van der Waals surface area contributed by atoms with E-state index in [0.29, 0.717) is 17.9 Å². The minimum atomic E-state index is 0.360. The van der Waals surface area contributed by atoms with Gasteiger partial charge in [-0.3, -0.25) is 0 Å². The summed E-state index contributed by atoms with van der Waals surface area (Å²) >= 11 is 0. The Morgan fingerprint density at radius 3 is 1.43 bits per heavy atom. The zero-order valence-corrected chi connectivity index (χ0v) is 24.8. The van der Waals surface area contributed by atoms with E-state index in [2.05, 4.69) is 150 Å². The molecule has 0 aromatic heterocycles. The van der Waals surface area contributed by atoms with Gasteiger partial charge in [-0.2, -0.15) is 0 Å². The summed E-state index contributed by atoms with van der Waals surface area (Å²) in [5.41, 5.74) is 13.8. The van der Waals surface area contributed by atoms with E-state index in [-0.39, 0.29) is 0 Å². The fourth-order valence-electron chi connectivity index (χ4n) is 3.82. The van der Waals surface area contributed by atoms with Gasteiger partial charge in [0.2, 0.25) is 0 Å².